The van der Waals surface area contributed by atoms with E-state index in [1.807, 2.05) is 31.3 Å². The van der Waals surface area contributed by atoms with E-state index >= 15 is 0 Å². The average molecular weight is 486 g/mol. The summed E-state index contributed by atoms with van der Waals surface area (Å²) in [5.41, 5.74) is 2.08. The van der Waals surface area contributed by atoms with Gasteiger partial charge in [-0.25, -0.2) is 9.98 Å². The predicted octanol–water partition coefficient (Wildman–Crippen LogP) is 4.36. The van der Waals surface area contributed by atoms with E-state index < -0.39 is 11.7 Å². The van der Waals surface area contributed by atoms with Crippen molar-refractivity contribution in [3.05, 3.63) is 65.4 Å². The molecule has 35 heavy (non-hydrogen) atoms. The van der Waals surface area contributed by atoms with Crippen LogP contribution in [0.2, 0.25) is 0 Å². The zero-order valence-corrected chi connectivity index (χ0v) is 20.3. The van der Waals surface area contributed by atoms with Gasteiger partial charge < -0.3 is 14.7 Å². The van der Waals surface area contributed by atoms with Crippen molar-refractivity contribution in [2.24, 2.45) is 9.98 Å². The Hall–Kier alpha value is -3.43. The van der Waals surface area contributed by atoms with Gasteiger partial charge in [-0.3, -0.25) is 4.98 Å². The number of hydrogen-bond acceptors (Lipinski definition) is 7. The van der Waals surface area contributed by atoms with Gasteiger partial charge in [0, 0.05) is 69.3 Å². The van der Waals surface area contributed by atoms with Crippen LogP contribution in [-0.2, 0) is 6.18 Å². The van der Waals surface area contributed by atoms with E-state index in [0.29, 0.717) is 38.6 Å². The molecule has 1 fully saturated rings. The minimum atomic E-state index is -4.44. The molecule has 186 valence electrons. The quantitative estimate of drug-likeness (QED) is 0.630. The topological polar surface area (TPSA) is 60.2 Å². The van der Waals surface area contributed by atoms with E-state index in [2.05, 4.69) is 33.6 Å². The second kappa shape index (κ2) is 10.5. The third-order valence-electron chi connectivity index (χ3n) is 6.21. The van der Waals surface area contributed by atoms with E-state index in [9.17, 15) is 13.2 Å². The van der Waals surface area contributed by atoms with Gasteiger partial charge in [-0.05, 0) is 51.1 Å². The first-order valence-electron chi connectivity index (χ1n) is 11.9. The number of piperazine rings is 1. The highest BCUT2D eigenvalue weighted by atomic mass is 19.4. The summed E-state index contributed by atoms with van der Waals surface area (Å²) < 4.78 is 40.4. The Labute approximate surface area is 203 Å². The lowest BCUT2D eigenvalue weighted by Crippen LogP contribution is -2.46. The van der Waals surface area contributed by atoms with Crippen molar-refractivity contribution in [2.45, 2.75) is 33.4 Å². The van der Waals surface area contributed by atoms with Crippen LogP contribution in [0.15, 0.2) is 58.5 Å². The summed E-state index contributed by atoms with van der Waals surface area (Å²) >= 11 is 0. The van der Waals surface area contributed by atoms with Crippen molar-refractivity contribution in [3.8, 4) is 0 Å². The fourth-order valence-electron chi connectivity index (χ4n) is 4.21. The Morgan fingerprint density at radius 1 is 0.943 bits per heavy atom. The lowest BCUT2D eigenvalue weighted by atomic mass is 10.1. The van der Waals surface area contributed by atoms with Gasteiger partial charge in [0.15, 0.2) is 0 Å². The number of anilines is 1. The van der Waals surface area contributed by atoms with Gasteiger partial charge in [0.25, 0.3) is 0 Å². The summed E-state index contributed by atoms with van der Waals surface area (Å²) in [5.74, 6) is 1.42. The van der Waals surface area contributed by atoms with Crippen LogP contribution >= 0.6 is 0 Å². The van der Waals surface area contributed by atoms with Crippen molar-refractivity contribution in [2.75, 3.05) is 44.2 Å². The van der Waals surface area contributed by atoms with Crippen LogP contribution in [-0.4, -0.2) is 70.7 Å². The molecule has 0 bridgehead atoms. The Balaban J connectivity index is 1.55. The van der Waals surface area contributed by atoms with E-state index in [-0.39, 0.29) is 5.82 Å². The molecule has 2 aromatic heterocycles. The molecular weight excluding hydrogens is 455 g/mol. The van der Waals surface area contributed by atoms with Gasteiger partial charge in [-0.1, -0.05) is 0 Å². The highest BCUT2D eigenvalue weighted by molar-refractivity contribution is 6.08. The Morgan fingerprint density at radius 2 is 1.66 bits per heavy atom. The van der Waals surface area contributed by atoms with Gasteiger partial charge in [0.1, 0.15) is 11.6 Å². The van der Waals surface area contributed by atoms with Gasteiger partial charge in [0.2, 0.25) is 5.96 Å². The summed E-state index contributed by atoms with van der Waals surface area (Å²) in [6.07, 6.45) is 1.44. The SMILES string of the molecule is CCN(CC)C1=NC(N2CCN(c3ncccc3C(F)(F)F)CC2)=CCC(c2ccc(C)nc2)=N1. The minimum absolute atomic E-state index is 0.0145. The second-order valence-corrected chi connectivity index (χ2v) is 8.44. The molecule has 4 heterocycles. The van der Waals surface area contributed by atoms with Crippen molar-refractivity contribution in [1.29, 1.82) is 0 Å². The molecule has 10 heteroatoms. The third kappa shape index (κ3) is 5.63. The number of aliphatic imine (C=N–C) groups is 2. The van der Waals surface area contributed by atoms with Gasteiger partial charge in [0.05, 0.1) is 11.3 Å². The maximum absolute atomic E-state index is 13.5. The van der Waals surface area contributed by atoms with Gasteiger partial charge in [-0.2, -0.15) is 18.2 Å². The van der Waals surface area contributed by atoms with Crippen LogP contribution < -0.4 is 4.90 Å². The lowest BCUT2D eigenvalue weighted by molar-refractivity contribution is -0.137. The van der Waals surface area contributed by atoms with Crippen molar-refractivity contribution in [1.82, 2.24) is 19.8 Å². The van der Waals surface area contributed by atoms with Gasteiger partial charge >= 0.3 is 6.18 Å². The van der Waals surface area contributed by atoms with Crippen LogP contribution in [0, 0.1) is 6.92 Å². The number of alkyl halides is 3. The van der Waals surface area contributed by atoms with Crippen molar-refractivity contribution in [3.63, 3.8) is 0 Å². The van der Waals surface area contributed by atoms with Crippen LogP contribution in [0.1, 0.15) is 37.1 Å². The molecule has 2 aromatic rings. The van der Waals surface area contributed by atoms with E-state index in [4.69, 9.17) is 9.98 Å². The zero-order valence-electron chi connectivity index (χ0n) is 20.3. The maximum atomic E-state index is 13.5. The standard InChI is InChI=1S/C25H30F3N7/c1-4-33(5-2)24-31-21(19-9-8-18(3)30-17-19)10-11-22(32-24)34-13-15-35(16-14-34)23-20(25(26,27)28)7-6-12-29-23/h6-9,11-12,17H,4-5,10,13-16H2,1-3H3. The lowest BCUT2D eigenvalue weighted by Gasteiger charge is -2.37. The Bertz CT molecular complexity index is 1110. The van der Waals surface area contributed by atoms with Crippen LogP contribution in [0.25, 0.3) is 0 Å². The highest BCUT2D eigenvalue weighted by Gasteiger charge is 2.36. The molecule has 7 nitrogen and oxygen atoms in total. The van der Waals surface area contributed by atoms with E-state index in [0.717, 1.165) is 41.9 Å². The molecule has 4 rings (SSSR count). The van der Waals surface area contributed by atoms with E-state index in [1.54, 1.807) is 4.90 Å². The van der Waals surface area contributed by atoms with Crippen LogP contribution in [0.5, 0.6) is 0 Å². The Morgan fingerprint density at radius 3 is 2.29 bits per heavy atom. The smallest absolute Gasteiger partial charge is 0.353 e. The summed E-state index contributed by atoms with van der Waals surface area (Å²) in [6.45, 7) is 9.51. The maximum Gasteiger partial charge on any atom is 0.419 e. The molecule has 0 unspecified atom stereocenters. The number of halogens is 3. The molecule has 0 N–H and O–H groups in total. The van der Waals surface area contributed by atoms with Crippen molar-refractivity contribution < 1.29 is 13.2 Å². The number of hydrogen-bond donors (Lipinski definition) is 0. The van der Waals surface area contributed by atoms with E-state index in [1.165, 1.54) is 12.3 Å². The van der Waals surface area contributed by atoms with Crippen LogP contribution in [0.4, 0.5) is 19.0 Å². The first-order valence-corrected chi connectivity index (χ1v) is 11.9. The summed E-state index contributed by atoms with van der Waals surface area (Å²) in [6, 6.07) is 6.39. The number of allylic oxidation sites excluding steroid dienone is 1. The van der Waals surface area contributed by atoms with Crippen LogP contribution in [0.3, 0.4) is 0 Å². The molecule has 0 saturated carbocycles. The largest absolute Gasteiger partial charge is 0.419 e. The molecule has 0 aromatic carbocycles. The molecule has 2 aliphatic heterocycles. The zero-order chi connectivity index (χ0) is 25.0. The highest BCUT2D eigenvalue weighted by Crippen LogP contribution is 2.35. The van der Waals surface area contributed by atoms with Crippen molar-refractivity contribution >= 4 is 17.5 Å². The molecule has 0 radical (unpaired) electrons. The minimum Gasteiger partial charge on any atom is -0.353 e. The number of nitrogens with zero attached hydrogens (tertiary/aromatic N) is 7. The molecule has 0 aliphatic carbocycles. The monoisotopic (exact) mass is 485 g/mol. The first kappa shape index (κ1) is 24.7. The molecule has 2 aliphatic rings. The molecular formula is C25H30F3N7. The fourth-order valence-corrected chi connectivity index (χ4v) is 4.21. The molecule has 0 spiro atoms. The number of pyridine rings is 2. The second-order valence-electron chi connectivity index (χ2n) is 8.44. The fraction of sp³-hybridized carbons (Fsp3) is 0.440. The number of rotatable bonds is 5. The summed E-state index contributed by atoms with van der Waals surface area (Å²) in [7, 11) is 0. The molecule has 0 atom stereocenters. The normalized spacial score (nSPS) is 16.9. The molecule has 1 saturated heterocycles. The predicted molar refractivity (Wildman–Crippen MR) is 132 cm³/mol. The summed E-state index contributed by atoms with van der Waals surface area (Å²) in [5, 5.41) is 0. The third-order valence-corrected chi connectivity index (χ3v) is 6.21. The Kier molecular flexibility index (Phi) is 7.37. The average Bonchev–Trinajstić information content (AvgIpc) is 3.08. The van der Waals surface area contributed by atoms with Gasteiger partial charge in [-0.15, -0.1) is 0 Å². The number of guanidine groups is 1. The number of aryl methyl sites for hydroxylation is 1. The molecule has 0 amide bonds. The summed E-state index contributed by atoms with van der Waals surface area (Å²) in [4.78, 5) is 24.2. The first-order chi connectivity index (χ1) is 16.8. The number of aromatic nitrogens is 2.